The monoisotopic (exact) mass is 292 g/mol. The van der Waals surface area contributed by atoms with Gasteiger partial charge in [0.25, 0.3) is 0 Å². The van der Waals surface area contributed by atoms with Crippen molar-refractivity contribution >= 4 is 11.7 Å². The number of methoxy groups -OCH3 is 1. The van der Waals surface area contributed by atoms with Crippen molar-refractivity contribution in [3.8, 4) is 5.75 Å². The molecular formula is C16H24N2O3. The summed E-state index contributed by atoms with van der Waals surface area (Å²) in [4.78, 5) is 13.7. The lowest BCUT2D eigenvalue weighted by molar-refractivity contribution is 0.0698. The largest absolute Gasteiger partial charge is 0.497 e. The predicted octanol–water partition coefficient (Wildman–Crippen LogP) is 2.68. The Bertz CT molecular complexity index is 484. The van der Waals surface area contributed by atoms with Gasteiger partial charge in [0, 0.05) is 18.7 Å². The molecule has 1 aromatic rings. The van der Waals surface area contributed by atoms with Gasteiger partial charge in [0.05, 0.1) is 18.4 Å². The fraction of sp³-hybridized carbons (Fsp3) is 0.562. The Labute approximate surface area is 125 Å². The van der Waals surface area contributed by atoms with Crippen LogP contribution in [-0.2, 0) is 0 Å². The molecule has 1 saturated heterocycles. The maximum atomic E-state index is 11.3. The zero-order valence-electron chi connectivity index (χ0n) is 12.8. The van der Waals surface area contributed by atoms with E-state index in [0.29, 0.717) is 11.4 Å². The van der Waals surface area contributed by atoms with Crippen molar-refractivity contribution in [1.29, 1.82) is 0 Å². The summed E-state index contributed by atoms with van der Waals surface area (Å²) in [6, 6.07) is 5.19. The molecule has 5 heteroatoms. The molecule has 21 heavy (non-hydrogen) atoms. The number of carbonyl (C=O) groups is 1. The first-order chi connectivity index (χ1) is 10.1. The average Bonchev–Trinajstić information content (AvgIpc) is 2.47. The van der Waals surface area contributed by atoms with Crippen molar-refractivity contribution in [2.24, 2.45) is 0 Å². The number of carboxylic acid groups (broad SMARTS) is 1. The highest BCUT2D eigenvalue weighted by Crippen LogP contribution is 2.23. The maximum absolute atomic E-state index is 11.3. The Balaban J connectivity index is 2.04. The second-order valence-electron chi connectivity index (χ2n) is 5.62. The van der Waals surface area contributed by atoms with Crippen LogP contribution in [-0.4, -0.2) is 48.8 Å². The predicted molar refractivity (Wildman–Crippen MR) is 83.3 cm³/mol. The van der Waals surface area contributed by atoms with Crippen molar-refractivity contribution in [2.45, 2.75) is 32.2 Å². The Morgan fingerprint density at radius 2 is 2.10 bits per heavy atom. The maximum Gasteiger partial charge on any atom is 0.337 e. The zero-order valence-corrected chi connectivity index (χ0v) is 12.8. The molecule has 0 saturated carbocycles. The summed E-state index contributed by atoms with van der Waals surface area (Å²) < 4.78 is 5.18. The molecule has 0 radical (unpaired) electrons. The van der Waals surface area contributed by atoms with Gasteiger partial charge in [-0.1, -0.05) is 6.42 Å². The van der Waals surface area contributed by atoms with E-state index in [1.54, 1.807) is 25.3 Å². The van der Waals surface area contributed by atoms with Gasteiger partial charge in [-0.05, 0) is 45.0 Å². The highest BCUT2D eigenvalue weighted by molar-refractivity contribution is 5.94. The number of nitrogens with one attached hydrogen (secondary N) is 1. The van der Waals surface area contributed by atoms with Crippen LogP contribution in [0.25, 0.3) is 0 Å². The van der Waals surface area contributed by atoms with Gasteiger partial charge < -0.3 is 20.1 Å². The smallest absolute Gasteiger partial charge is 0.337 e. The fourth-order valence-electron chi connectivity index (χ4n) is 2.80. The van der Waals surface area contributed by atoms with E-state index in [2.05, 4.69) is 17.1 Å². The second kappa shape index (κ2) is 7.31. The summed E-state index contributed by atoms with van der Waals surface area (Å²) >= 11 is 0. The Morgan fingerprint density at radius 1 is 1.38 bits per heavy atom. The number of aromatic carboxylic acids is 1. The van der Waals surface area contributed by atoms with Crippen LogP contribution in [0.15, 0.2) is 18.2 Å². The van der Waals surface area contributed by atoms with Crippen LogP contribution in [0.3, 0.4) is 0 Å². The third-order valence-electron chi connectivity index (χ3n) is 3.84. The van der Waals surface area contributed by atoms with E-state index in [1.165, 1.54) is 19.3 Å². The van der Waals surface area contributed by atoms with Gasteiger partial charge in [0.2, 0.25) is 0 Å². The van der Waals surface area contributed by atoms with Crippen LogP contribution in [0.5, 0.6) is 5.75 Å². The van der Waals surface area contributed by atoms with Crippen molar-refractivity contribution in [1.82, 2.24) is 4.90 Å². The third kappa shape index (κ3) is 4.36. The summed E-state index contributed by atoms with van der Waals surface area (Å²) in [5.41, 5.74) is 0.896. The van der Waals surface area contributed by atoms with E-state index in [4.69, 9.17) is 4.74 Å². The van der Waals surface area contributed by atoms with Crippen molar-refractivity contribution < 1.29 is 14.6 Å². The molecule has 1 aromatic carbocycles. The van der Waals surface area contributed by atoms with Crippen LogP contribution >= 0.6 is 0 Å². The molecule has 1 aliphatic heterocycles. The summed E-state index contributed by atoms with van der Waals surface area (Å²) in [5, 5.41) is 12.6. The fourth-order valence-corrected chi connectivity index (χ4v) is 2.80. The SMILES string of the molecule is COc1ccc(C(=O)O)c(NC(C)CN2CCCCC2)c1. The number of rotatable bonds is 6. The minimum Gasteiger partial charge on any atom is -0.497 e. The Morgan fingerprint density at radius 3 is 2.71 bits per heavy atom. The molecule has 2 rings (SSSR count). The molecule has 0 aliphatic carbocycles. The van der Waals surface area contributed by atoms with Crippen molar-refractivity contribution in [3.63, 3.8) is 0 Å². The van der Waals surface area contributed by atoms with Crippen LogP contribution in [0.4, 0.5) is 5.69 Å². The lowest BCUT2D eigenvalue weighted by Crippen LogP contribution is -2.38. The van der Waals surface area contributed by atoms with E-state index in [1.807, 2.05) is 0 Å². The first kappa shape index (κ1) is 15.6. The number of hydrogen-bond acceptors (Lipinski definition) is 4. The molecule has 0 aromatic heterocycles. The normalized spacial score (nSPS) is 17.2. The van der Waals surface area contributed by atoms with E-state index < -0.39 is 5.97 Å². The Kier molecular flexibility index (Phi) is 5.44. The van der Waals surface area contributed by atoms with Gasteiger partial charge in [-0.15, -0.1) is 0 Å². The van der Waals surface area contributed by atoms with Crippen LogP contribution in [0.2, 0.25) is 0 Å². The summed E-state index contributed by atoms with van der Waals surface area (Å²) in [6.45, 7) is 5.28. The molecule has 0 spiro atoms. The van der Waals surface area contributed by atoms with Crippen molar-refractivity contribution in [3.05, 3.63) is 23.8 Å². The molecule has 1 atom stereocenters. The molecule has 0 amide bonds. The quantitative estimate of drug-likeness (QED) is 0.844. The topological polar surface area (TPSA) is 61.8 Å². The molecule has 5 nitrogen and oxygen atoms in total. The average molecular weight is 292 g/mol. The van der Waals surface area contributed by atoms with Gasteiger partial charge in [-0.3, -0.25) is 0 Å². The Hall–Kier alpha value is -1.75. The highest BCUT2D eigenvalue weighted by atomic mass is 16.5. The lowest BCUT2D eigenvalue weighted by Gasteiger charge is -2.30. The van der Waals surface area contributed by atoms with Gasteiger partial charge >= 0.3 is 5.97 Å². The van der Waals surface area contributed by atoms with Crippen molar-refractivity contribution in [2.75, 3.05) is 32.1 Å². The standard InChI is InChI=1S/C16H24N2O3/c1-12(11-18-8-4-3-5-9-18)17-15-10-13(21-2)6-7-14(15)16(19)20/h6-7,10,12,17H,3-5,8-9,11H2,1-2H3,(H,19,20). The number of piperidine rings is 1. The van der Waals surface area contributed by atoms with Gasteiger partial charge in [0.15, 0.2) is 0 Å². The zero-order chi connectivity index (χ0) is 15.2. The molecule has 2 N–H and O–H groups in total. The molecule has 116 valence electrons. The summed E-state index contributed by atoms with van der Waals surface area (Å²) in [5.74, 6) is -0.266. The number of hydrogen-bond donors (Lipinski definition) is 2. The number of ether oxygens (including phenoxy) is 1. The molecule has 0 bridgehead atoms. The second-order valence-corrected chi connectivity index (χ2v) is 5.62. The third-order valence-corrected chi connectivity index (χ3v) is 3.84. The molecular weight excluding hydrogens is 268 g/mol. The minimum atomic E-state index is -0.926. The summed E-state index contributed by atoms with van der Waals surface area (Å²) in [6.07, 6.45) is 3.83. The summed E-state index contributed by atoms with van der Waals surface area (Å²) in [7, 11) is 1.58. The van der Waals surface area contributed by atoms with Crippen LogP contribution < -0.4 is 10.1 Å². The van der Waals surface area contributed by atoms with E-state index >= 15 is 0 Å². The number of benzene rings is 1. The number of nitrogens with zero attached hydrogens (tertiary/aromatic N) is 1. The van der Waals surface area contributed by atoms with E-state index in [0.717, 1.165) is 19.6 Å². The highest BCUT2D eigenvalue weighted by Gasteiger charge is 2.16. The molecule has 1 fully saturated rings. The van der Waals surface area contributed by atoms with E-state index in [-0.39, 0.29) is 11.6 Å². The molecule has 1 unspecified atom stereocenters. The van der Waals surface area contributed by atoms with Crippen LogP contribution in [0, 0.1) is 0 Å². The van der Waals surface area contributed by atoms with Gasteiger partial charge in [-0.2, -0.15) is 0 Å². The number of likely N-dealkylation sites (tertiary alicyclic amines) is 1. The van der Waals surface area contributed by atoms with Gasteiger partial charge in [-0.25, -0.2) is 4.79 Å². The van der Waals surface area contributed by atoms with Crippen LogP contribution in [0.1, 0.15) is 36.5 Å². The molecule has 1 aliphatic rings. The lowest BCUT2D eigenvalue weighted by atomic mass is 10.1. The molecule has 1 heterocycles. The van der Waals surface area contributed by atoms with Gasteiger partial charge in [0.1, 0.15) is 5.75 Å². The van der Waals surface area contributed by atoms with E-state index in [9.17, 15) is 9.90 Å². The number of carboxylic acids is 1. The first-order valence-electron chi connectivity index (χ1n) is 7.50. The minimum absolute atomic E-state index is 0.188. The number of anilines is 1. The first-order valence-corrected chi connectivity index (χ1v) is 7.50.